The highest BCUT2D eigenvalue weighted by atomic mass is 35.5. The van der Waals surface area contributed by atoms with Crippen molar-refractivity contribution >= 4 is 44.3 Å². The fraction of sp³-hybridized carbons (Fsp3) is 0.278. The summed E-state index contributed by atoms with van der Waals surface area (Å²) in [6.45, 7) is 2.83. The van der Waals surface area contributed by atoms with Crippen LogP contribution in [0.5, 0.6) is 0 Å². The lowest BCUT2D eigenvalue weighted by molar-refractivity contribution is 0.181. The minimum atomic E-state index is -3.48. The fourth-order valence-electron chi connectivity index (χ4n) is 3.02. The number of hydrogen-bond acceptors (Lipinski definition) is 6. The van der Waals surface area contributed by atoms with E-state index in [1.54, 1.807) is 35.6 Å². The summed E-state index contributed by atoms with van der Waals surface area (Å²) in [4.78, 5) is 6.83. The van der Waals surface area contributed by atoms with Crippen LogP contribution in [0.3, 0.4) is 0 Å². The monoisotopic (exact) mass is 457 g/mol. The molecule has 0 N–H and O–H groups in total. The van der Waals surface area contributed by atoms with Gasteiger partial charge < -0.3 is 0 Å². The zero-order valence-electron chi connectivity index (χ0n) is 14.7. The van der Waals surface area contributed by atoms with Crippen LogP contribution in [-0.4, -0.2) is 48.8 Å². The van der Waals surface area contributed by atoms with Crippen LogP contribution in [0.2, 0.25) is 4.34 Å². The van der Waals surface area contributed by atoms with E-state index in [2.05, 4.69) is 9.88 Å². The number of sulfonamides is 1. The smallest absolute Gasteiger partial charge is 0.252 e. The molecule has 1 aliphatic rings. The van der Waals surface area contributed by atoms with Crippen LogP contribution < -0.4 is 0 Å². The third-order valence-electron chi connectivity index (χ3n) is 4.52. The van der Waals surface area contributed by atoms with E-state index < -0.39 is 10.0 Å². The Labute approximate surface area is 176 Å². The van der Waals surface area contributed by atoms with Gasteiger partial charge in [0.15, 0.2) is 0 Å². The van der Waals surface area contributed by atoms with Gasteiger partial charge in [-0.15, -0.1) is 22.7 Å². The highest BCUT2D eigenvalue weighted by molar-refractivity contribution is 7.91. The van der Waals surface area contributed by atoms with E-state index in [0.29, 0.717) is 37.1 Å². The zero-order valence-corrected chi connectivity index (χ0v) is 17.9. The van der Waals surface area contributed by atoms with Crippen molar-refractivity contribution in [3.63, 3.8) is 0 Å². The van der Waals surface area contributed by atoms with Crippen molar-refractivity contribution in [2.75, 3.05) is 26.2 Å². The second-order valence-corrected chi connectivity index (χ2v) is 11.2. The molecule has 0 bridgehead atoms. The Balaban J connectivity index is 1.37. The standard InChI is InChI=1S/C18H17ClFN3O2S3/c19-16-5-6-18(27-16)28(24,25)23-9-7-22(8-10-23)11-17-21-15(12-26-17)13-1-3-14(20)4-2-13/h1-6,12H,7-11H2. The van der Waals surface area contributed by atoms with Crippen molar-refractivity contribution in [2.24, 2.45) is 0 Å². The van der Waals surface area contributed by atoms with Crippen LogP contribution in [0.1, 0.15) is 5.01 Å². The van der Waals surface area contributed by atoms with Gasteiger partial charge in [0.2, 0.25) is 0 Å². The molecular formula is C18H17ClFN3O2S3. The predicted octanol–water partition coefficient (Wildman–Crippen LogP) is 4.17. The molecule has 1 aliphatic heterocycles. The lowest BCUT2D eigenvalue weighted by Gasteiger charge is -2.33. The van der Waals surface area contributed by atoms with E-state index in [4.69, 9.17) is 11.6 Å². The third-order valence-corrected chi connectivity index (χ3v) is 8.96. The number of piperazine rings is 1. The van der Waals surface area contributed by atoms with Gasteiger partial charge in [-0.1, -0.05) is 11.6 Å². The van der Waals surface area contributed by atoms with Gasteiger partial charge in [-0.25, -0.2) is 17.8 Å². The molecule has 1 saturated heterocycles. The molecule has 0 atom stereocenters. The molecule has 2 aromatic heterocycles. The summed E-state index contributed by atoms with van der Waals surface area (Å²) >= 11 is 8.52. The molecule has 148 valence electrons. The summed E-state index contributed by atoms with van der Waals surface area (Å²) in [5, 5.41) is 2.92. The molecule has 1 aromatic carbocycles. The molecule has 3 heterocycles. The molecule has 10 heteroatoms. The van der Waals surface area contributed by atoms with Crippen LogP contribution in [-0.2, 0) is 16.6 Å². The molecule has 0 amide bonds. The summed E-state index contributed by atoms with van der Waals surface area (Å²) in [5.74, 6) is -0.267. The predicted molar refractivity (Wildman–Crippen MR) is 111 cm³/mol. The lowest BCUT2D eigenvalue weighted by atomic mass is 10.2. The first-order valence-electron chi connectivity index (χ1n) is 8.60. The van der Waals surface area contributed by atoms with E-state index in [1.165, 1.54) is 16.4 Å². The maximum Gasteiger partial charge on any atom is 0.252 e. The second kappa shape index (κ2) is 8.17. The van der Waals surface area contributed by atoms with Crippen molar-refractivity contribution < 1.29 is 12.8 Å². The molecule has 0 saturated carbocycles. The van der Waals surface area contributed by atoms with E-state index >= 15 is 0 Å². The highest BCUT2D eigenvalue weighted by Crippen LogP contribution is 2.29. The number of rotatable bonds is 5. The quantitative estimate of drug-likeness (QED) is 0.577. The summed E-state index contributed by atoms with van der Waals surface area (Å²) < 4.78 is 40.7. The fourth-order valence-corrected chi connectivity index (χ4v) is 6.92. The molecule has 0 radical (unpaired) electrons. The molecular weight excluding hydrogens is 441 g/mol. The van der Waals surface area contributed by atoms with Crippen LogP contribution in [0.25, 0.3) is 11.3 Å². The van der Waals surface area contributed by atoms with E-state index in [9.17, 15) is 12.8 Å². The summed E-state index contributed by atoms with van der Waals surface area (Å²) in [5.41, 5.74) is 1.71. The van der Waals surface area contributed by atoms with E-state index in [1.807, 2.05) is 5.38 Å². The lowest BCUT2D eigenvalue weighted by Crippen LogP contribution is -2.48. The molecule has 0 aliphatic carbocycles. The van der Waals surface area contributed by atoms with Gasteiger partial charge in [-0.05, 0) is 36.4 Å². The molecule has 1 fully saturated rings. The van der Waals surface area contributed by atoms with Gasteiger partial charge in [0.05, 0.1) is 16.6 Å². The number of halogens is 2. The normalized spacial score (nSPS) is 16.5. The first-order valence-corrected chi connectivity index (χ1v) is 12.1. The Morgan fingerprint density at radius 2 is 1.79 bits per heavy atom. The molecule has 0 unspecified atom stereocenters. The Morgan fingerprint density at radius 1 is 1.07 bits per heavy atom. The maximum atomic E-state index is 13.1. The number of thiophene rings is 1. The largest absolute Gasteiger partial charge is 0.294 e. The Hall–Kier alpha value is -1.36. The minimum Gasteiger partial charge on any atom is -0.294 e. The Morgan fingerprint density at radius 3 is 2.43 bits per heavy atom. The van der Waals surface area contributed by atoms with E-state index in [-0.39, 0.29) is 10.0 Å². The van der Waals surface area contributed by atoms with Crippen molar-refractivity contribution in [3.8, 4) is 11.3 Å². The summed E-state index contributed by atoms with van der Waals surface area (Å²) in [6, 6.07) is 9.45. The van der Waals surface area contributed by atoms with Gasteiger partial charge >= 0.3 is 0 Å². The molecule has 3 aromatic rings. The third kappa shape index (κ3) is 4.29. The first kappa shape index (κ1) is 19.9. The number of aromatic nitrogens is 1. The summed E-state index contributed by atoms with van der Waals surface area (Å²) in [6.07, 6.45) is 0. The van der Waals surface area contributed by atoms with Gasteiger partial charge in [0.1, 0.15) is 15.0 Å². The Bertz CT molecular complexity index is 1060. The van der Waals surface area contributed by atoms with Gasteiger partial charge in [0, 0.05) is 37.1 Å². The summed E-state index contributed by atoms with van der Waals surface area (Å²) in [7, 11) is -3.48. The van der Waals surface area contributed by atoms with Crippen molar-refractivity contribution in [1.82, 2.24) is 14.2 Å². The van der Waals surface area contributed by atoms with Crippen LogP contribution in [0, 0.1) is 5.82 Å². The second-order valence-electron chi connectivity index (χ2n) is 6.37. The molecule has 0 spiro atoms. The Kier molecular flexibility index (Phi) is 5.82. The number of benzene rings is 1. The van der Waals surface area contributed by atoms with E-state index in [0.717, 1.165) is 27.6 Å². The molecule has 5 nitrogen and oxygen atoms in total. The van der Waals surface area contributed by atoms with Gasteiger partial charge in [-0.2, -0.15) is 4.31 Å². The van der Waals surface area contributed by atoms with Crippen molar-refractivity contribution in [2.45, 2.75) is 10.8 Å². The van der Waals surface area contributed by atoms with Crippen LogP contribution in [0.4, 0.5) is 4.39 Å². The van der Waals surface area contributed by atoms with Crippen molar-refractivity contribution in [3.05, 3.63) is 56.9 Å². The number of nitrogens with zero attached hydrogens (tertiary/aromatic N) is 3. The average molecular weight is 458 g/mol. The first-order chi connectivity index (χ1) is 13.4. The molecule has 28 heavy (non-hydrogen) atoms. The minimum absolute atomic E-state index is 0.267. The number of hydrogen-bond donors (Lipinski definition) is 0. The maximum absolute atomic E-state index is 13.1. The SMILES string of the molecule is O=S(=O)(c1ccc(Cl)s1)N1CCN(Cc2nc(-c3ccc(F)cc3)cs2)CC1. The van der Waals surface area contributed by atoms with Gasteiger partial charge in [0.25, 0.3) is 10.0 Å². The van der Waals surface area contributed by atoms with Crippen LogP contribution in [0.15, 0.2) is 46.0 Å². The highest BCUT2D eigenvalue weighted by Gasteiger charge is 2.29. The zero-order chi connectivity index (χ0) is 19.7. The van der Waals surface area contributed by atoms with Gasteiger partial charge in [-0.3, -0.25) is 4.90 Å². The topological polar surface area (TPSA) is 53.5 Å². The van der Waals surface area contributed by atoms with Crippen LogP contribution >= 0.6 is 34.3 Å². The average Bonchev–Trinajstić information content (AvgIpc) is 3.32. The molecule has 4 rings (SSSR count). The number of thiazole rings is 1. The van der Waals surface area contributed by atoms with Crippen molar-refractivity contribution in [1.29, 1.82) is 0 Å².